The Morgan fingerprint density at radius 3 is 2.19 bits per heavy atom. The number of benzene rings is 3. The largest absolute Gasteiger partial charge is 0.354 e. The third kappa shape index (κ3) is 9.40. The van der Waals surface area contributed by atoms with Crippen molar-refractivity contribution in [2.45, 2.75) is 65.3 Å². The lowest BCUT2D eigenvalue weighted by atomic mass is 10.0. The van der Waals surface area contributed by atoms with Crippen LogP contribution in [0.2, 0.25) is 0 Å². The Labute approximate surface area is 226 Å². The van der Waals surface area contributed by atoms with Crippen molar-refractivity contribution in [3.63, 3.8) is 0 Å². The number of hydrogen-bond donors (Lipinski definition) is 1. The number of thioether (sulfide) groups is 1. The van der Waals surface area contributed by atoms with Gasteiger partial charge in [-0.05, 0) is 43.9 Å². The first-order valence-corrected chi connectivity index (χ1v) is 14.3. The van der Waals surface area contributed by atoms with Crippen LogP contribution in [-0.4, -0.2) is 35.1 Å². The summed E-state index contributed by atoms with van der Waals surface area (Å²) in [5.74, 6) is 0.991. The number of unbranched alkanes of at least 4 members (excludes halogenated alkanes) is 1. The minimum atomic E-state index is -0.575. The minimum Gasteiger partial charge on any atom is -0.354 e. The molecule has 0 aromatic heterocycles. The van der Waals surface area contributed by atoms with Crippen LogP contribution in [0.4, 0.5) is 0 Å². The fraction of sp³-hybridized carbons (Fsp3) is 0.375. The van der Waals surface area contributed by atoms with Crippen LogP contribution in [0.1, 0.15) is 53.1 Å². The normalized spacial score (nSPS) is 11.7. The van der Waals surface area contributed by atoms with Gasteiger partial charge in [-0.3, -0.25) is 9.59 Å². The van der Waals surface area contributed by atoms with E-state index in [1.54, 1.807) is 16.7 Å². The number of aryl methyl sites for hydroxylation is 3. The van der Waals surface area contributed by atoms with Crippen LogP contribution >= 0.6 is 11.8 Å². The highest BCUT2D eigenvalue weighted by Crippen LogP contribution is 2.20. The zero-order valence-corrected chi connectivity index (χ0v) is 23.4. The molecular weight excluding hydrogens is 476 g/mol. The molecular formula is C32H40N2O2S. The summed E-state index contributed by atoms with van der Waals surface area (Å²) in [6.45, 7) is 9.38. The standard InChI is InChI=1S/C32H40N2O2S/c1-5-6-15-33-32(36)30(20-27-12-8-7-9-13-27)34(21-28-14-10-11-24(2)17-28)31(35)23-37-22-29-18-25(3)16-26(4)19-29/h7-14,16-19,30H,5-6,15,20-23H2,1-4H3,(H,33,36)/t30-/m1/s1. The van der Waals surface area contributed by atoms with E-state index in [0.717, 1.165) is 35.3 Å². The van der Waals surface area contributed by atoms with Gasteiger partial charge in [0, 0.05) is 25.3 Å². The van der Waals surface area contributed by atoms with Crippen molar-refractivity contribution in [1.29, 1.82) is 0 Å². The molecule has 0 saturated heterocycles. The number of nitrogens with one attached hydrogen (secondary N) is 1. The molecule has 4 nitrogen and oxygen atoms in total. The van der Waals surface area contributed by atoms with Crippen molar-refractivity contribution < 1.29 is 9.59 Å². The summed E-state index contributed by atoms with van der Waals surface area (Å²) in [6, 6.07) is 24.1. The topological polar surface area (TPSA) is 49.4 Å². The van der Waals surface area contributed by atoms with E-state index >= 15 is 0 Å². The highest BCUT2D eigenvalue weighted by Gasteiger charge is 2.30. The van der Waals surface area contributed by atoms with Crippen molar-refractivity contribution in [1.82, 2.24) is 10.2 Å². The number of carbonyl (C=O) groups excluding carboxylic acids is 2. The fourth-order valence-electron chi connectivity index (χ4n) is 4.56. The van der Waals surface area contributed by atoms with Crippen molar-refractivity contribution in [3.05, 3.63) is 106 Å². The third-order valence-electron chi connectivity index (χ3n) is 6.31. The van der Waals surface area contributed by atoms with E-state index in [1.165, 1.54) is 16.7 Å². The van der Waals surface area contributed by atoms with Gasteiger partial charge >= 0.3 is 0 Å². The minimum absolute atomic E-state index is 0.0116. The van der Waals surface area contributed by atoms with Gasteiger partial charge in [-0.2, -0.15) is 0 Å². The Morgan fingerprint density at radius 1 is 0.838 bits per heavy atom. The maximum Gasteiger partial charge on any atom is 0.243 e. The molecule has 3 rings (SSSR count). The molecule has 0 heterocycles. The van der Waals surface area contributed by atoms with Gasteiger partial charge in [-0.15, -0.1) is 11.8 Å². The van der Waals surface area contributed by atoms with Crippen LogP contribution in [0.3, 0.4) is 0 Å². The lowest BCUT2D eigenvalue weighted by molar-refractivity contribution is -0.139. The van der Waals surface area contributed by atoms with Gasteiger partial charge in [0.05, 0.1) is 5.75 Å². The molecule has 5 heteroatoms. The number of rotatable bonds is 13. The Morgan fingerprint density at radius 2 is 1.51 bits per heavy atom. The molecule has 37 heavy (non-hydrogen) atoms. The monoisotopic (exact) mass is 516 g/mol. The quantitative estimate of drug-likeness (QED) is 0.267. The van der Waals surface area contributed by atoms with E-state index in [9.17, 15) is 9.59 Å². The van der Waals surface area contributed by atoms with Gasteiger partial charge in [0.15, 0.2) is 0 Å². The first-order chi connectivity index (χ1) is 17.9. The highest BCUT2D eigenvalue weighted by molar-refractivity contribution is 7.99. The van der Waals surface area contributed by atoms with E-state index in [2.05, 4.69) is 50.4 Å². The second kappa shape index (κ2) is 14.6. The van der Waals surface area contributed by atoms with Gasteiger partial charge in [-0.1, -0.05) is 103 Å². The summed E-state index contributed by atoms with van der Waals surface area (Å²) >= 11 is 1.61. The number of amides is 2. The van der Waals surface area contributed by atoms with Crippen LogP contribution in [0, 0.1) is 20.8 Å². The average molecular weight is 517 g/mol. The summed E-state index contributed by atoms with van der Waals surface area (Å²) in [5, 5.41) is 3.09. The molecule has 0 aliphatic carbocycles. The zero-order valence-electron chi connectivity index (χ0n) is 22.6. The molecule has 2 amide bonds. The van der Waals surface area contributed by atoms with Gasteiger partial charge < -0.3 is 10.2 Å². The Balaban J connectivity index is 1.83. The van der Waals surface area contributed by atoms with Gasteiger partial charge in [-0.25, -0.2) is 0 Å². The molecule has 0 radical (unpaired) electrons. The lowest BCUT2D eigenvalue weighted by Gasteiger charge is -2.31. The predicted octanol–water partition coefficient (Wildman–Crippen LogP) is 6.40. The summed E-state index contributed by atoms with van der Waals surface area (Å²) in [7, 11) is 0. The molecule has 0 aliphatic heterocycles. The highest BCUT2D eigenvalue weighted by atomic mass is 32.2. The number of carbonyl (C=O) groups is 2. The van der Waals surface area contributed by atoms with Crippen molar-refractivity contribution in [3.8, 4) is 0 Å². The summed E-state index contributed by atoms with van der Waals surface area (Å²) in [6.07, 6.45) is 2.41. The third-order valence-corrected chi connectivity index (χ3v) is 7.30. The van der Waals surface area contributed by atoms with E-state index in [-0.39, 0.29) is 11.8 Å². The molecule has 0 unspecified atom stereocenters. The van der Waals surface area contributed by atoms with E-state index < -0.39 is 6.04 Å². The zero-order chi connectivity index (χ0) is 26.6. The Hall–Kier alpha value is -3.05. The lowest BCUT2D eigenvalue weighted by Crippen LogP contribution is -2.51. The van der Waals surface area contributed by atoms with E-state index in [0.29, 0.717) is 25.3 Å². The molecule has 1 N–H and O–H groups in total. The van der Waals surface area contributed by atoms with Crippen LogP contribution < -0.4 is 5.32 Å². The molecule has 0 saturated carbocycles. The first-order valence-electron chi connectivity index (χ1n) is 13.2. The SMILES string of the molecule is CCCCNC(=O)[C@@H](Cc1ccccc1)N(Cc1cccc(C)c1)C(=O)CSCc1cc(C)cc(C)c1. The summed E-state index contributed by atoms with van der Waals surface area (Å²) in [5.41, 5.74) is 6.90. The summed E-state index contributed by atoms with van der Waals surface area (Å²) < 4.78 is 0. The van der Waals surface area contributed by atoms with Gasteiger partial charge in [0.25, 0.3) is 0 Å². The molecule has 1 atom stereocenters. The van der Waals surface area contributed by atoms with Gasteiger partial charge in [0.2, 0.25) is 11.8 Å². The van der Waals surface area contributed by atoms with E-state index in [4.69, 9.17) is 0 Å². The van der Waals surface area contributed by atoms with Crippen LogP contribution in [0.5, 0.6) is 0 Å². The number of hydrogen-bond acceptors (Lipinski definition) is 3. The molecule has 0 bridgehead atoms. The molecule has 3 aromatic carbocycles. The second-order valence-corrected chi connectivity index (χ2v) is 10.8. The van der Waals surface area contributed by atoms with Crippen molar-refractivity contribution in [2.24, 2.45) is 0 Å². The smallest absolute Gasteiger partial charge is 0.243 e. The van der Waals surface area contributed by atoms with Crippen molar-refractivity contribution in [2.75, 3.05) is 12.3 Å². The van der Waals surface area contributed by atoms with Crippen LogP contribution in [-0.2, 0) is 28.3 Å². The van der Waals surface area contributed by atoms with Crippen molar-refractivity contribution >= 4 is 23.6 Å². The van der Waals surface area contributed by atoms with Crippen LogP contribution in [0.15, 0.2) is 72.8 Å². The number of nitrogens with zero attached hydrogens (tertiary/aromatic N) is 1. The summed E-state index contributed by atoms with van der Waals surface area (Å²) in [4.78, 5) is 29.0. The maximum absolute atomic E-state index is 13.7. The van der Waals surface area contributed by atoms with E-state index in [1.807, 2.05) is 55.5 Å². The Kier molecular flexibility index (Phi) is 11.3. The molecule has 3 aromatic rings. The second-order valence-electron chi connectivity index (χ2n) is 9.85. The van der Waals surface area contributed by atoms with Crippen LogP contribution in [0.25, 0.3) is 0 Å². The maximum atomic E-state index is 13.7. The molecule has 0 fully saturated rings. The first kappa shape index (κ1) is 28.5. The predicted molar refractivity (Wildman–Crippen MR) is 156 cm³/mol. The molecule has 196 valence electrons. The average Bonchev–Trinajstić information content (AvgIpc) is 2.86. The molecule has 0 aliphatic rings. The Bertz CT molecular complexity index is 1140. The molecule has 0 spiro atoms. The van der Waals surface area contributed by atoms with Gasteiger partial charge in [0.1, 0.15) is 6.04 Å². The fourth-order valence-corrected chi connectivity index (χ4v) is 5.40.